The summed E-state index contributed by atoms with van der Waals surface area (Å²) in [6.07, 6.45) is -0.650. The molecule has 0 aliphatic carbocycles. The highest BCUT2D eigenvalue weighted by Gasteiger charge is 2.25. The molecule has 1 aromatic carbocycles. The van der Waals surface area contributed by atoms with E-state index in [0.29, 0.717) is 5.75 Å². The zero-order valence-electron chi connectivity index (χ0n) is 14.0. The molecule has 0 saturated heterocycles. The molecule has 0 aliphatic rings. The van der Waals surface area contributed by atoms with Crippen LogP contribution in [0.25, 0.3) is 0 Å². The van der Waals surface area contributed by atoms with E-state index >= 15 is 0 Å². The first-order chi connectivity index (χ1) is 10.7. The molecule has 23 heavy (non-hydrogen) atoms. The molecule has 0 radical (unpaired) electrons. The van der Waals surface area contributed by atoms with Crippen LogP contribution in [0.5, 0.6) is 5.75 Å². The van der Waals surface area contributed by atoms with Gasteiger partial charge in [-0.3, -0.25) is 0 Å². The summed E-state index contributed by atoms with van der Waals surface area (Å²) in [5.74, 6) is 0.570. The fraction of sp³-hybridized carbons (Fsp3) is 0.500. The molecule has 0 aromatic heterocycles. The van der Waals surface area contributed by atoms with Gasteiger partial charge in [-0.25, -0.2) is 9.59 Å². The predicted octanol–water partition coefficient (Wildman–Crippen LogP) is 2.85. The van der Waals surface area contributed by atoms with Crippen molar-refractivity contribution in [1.29, 1.82) is 0 Å². The highest BCUT2D eigenvalue weighted by Crippen LogP contribution is 2.22. The molecule has 1 aromatic rings. The van der Waals surface area contributed by atoms with Gasteiger partial charge in [0.2, 0.25) is 0 Å². The first kappa shape index (κ1) is 19.2. The fourth-order valence-electron chi connectivity index (χ4n) is 1.61. The Labute approximate surface area is 140 Å². The van der Waals surface area contributed by atoms with Gasteiger partial charge in [-0.05, 0) is 45.0 Å². The highest BCUT2D eigenvalue weighted by atomic mass is 32.2. The van der Waals surface area contributed by atoms with Crippen molar-refractivity contribution in [2.75, 3.05) is 20.0 Å². The van der Waals surface area contributed by atoms with Crippen LogP contribution < -0.4 is 10.1 Å². The Bertz CT molecular complexity index is 524. The molecule has 0 unspecified atom stereocenters. The molecule has 6 nitrogen and oxygen atoms in total. The number of esters is 1. The number of rotatable bonds is 6. The van der Waals surface area contributed by atoms with Crippen molar-refractivity contribution < 1.29 is 23.8 Å². The minimum atomic E-state index is -0.790. The number of carbonyl (C=O) groups excluding carboxylic acids is 2. The molecule has 0 bridgehead atoms. The van der Waals surface area contributed by atoms with Gasteiger partial charge in [0.1, 0.15) is 17.4 Å². The number of thioether (sulfide) groups is 1. The Morgan fingerprint density at radius 3 is 2.26 bits per heavy atom. The van der Waals surface area contributed by atoms with Crippen LogP contribution in [-0.2, 0) is 14.3 Å². The zero-order chi connectivity index (χ0) is 17.5. The SMILES string of the molecule is COC(=O)[C@@H](CSc1ccc(OC)cc1)NC(=O)OC(C)(C)C. The summed E-state index contributed by atoms with van der Waals surface area (Å²) >= 11 is 1.42. The van der Waals surface area contributed by atoms with Crippen LogP contribution in [0.4, 0.5) is 4.79 Å². The van der Waals surface area contributed by atoms with Crippen LogP contribution in [0.15, 0.2) is 29.2 Å². The predicted molar refractivity (Wildman–Crippen MR) is 88.9 cm³/mol. The average molecular weight is 341 g/mol. The number of methoxy groups -OCH3 is 2. The lowest BCUT2D eigenvalue weighted by atomic mass is 10.2. The fourth-order valence-corrected chi connectivity index (χ4v) is 2.52. The topological polar surface area (TPSA) is 73.9 Å². The van der Waals surface area contributed by atoms with Crippen molar-refractivity contribution in [3.8, 4) is 5.75 Å². The lowest BCUT2D eigenvalue weighted by Crippen LogP contribution is -2.45. The standard InChI is InChI=1S/C16H23NO5S/c1-16(2,3)22-15(19)17-13(14(18)21-5)10-23-12-8-6-11(20-4)7-9-12/h6-9,13H,10H2,1-5H3,(H,17,19)/t13-/m1/s1. The maximum atomic E-state index is 11.8. The second-order valence-corrected chi connectivity index (χ2v) is 6.80. The van der Waals surface area contributed by atoms with Gasteiger partial charge in [-0.1, -0.05) is 0 Å². The molecular formula is C16H23NO5S. The molecule has 0 heterocycles. The van der Waals surface area contributed by atoms with E-state index in [0.717, 1.165) is 10.6 Å². The van der Waals surface area contributed by atoms with Crippen LogP contribution in [0, 0.1) is 0 Å². The normalized spacial score (nSPS) is 12.2. The van der Waals surface area contributed by atoms with E-state index in [2.05, 4.69) is 5.32 Å². The molecule has 1 amide bonds. The van der Waals surface area contributed by atoms with Crippen LogP contribution in [0.3, 0.4) is 0 Å². The summed E-state index contributed by atoms with van der Waals surface area (Å²) in [5, 5.41) is 2.54. The number of alkyl carbamates (subject to hydrolysis) is 1. The second kappa shape index (κ2) is 8.67. The highest BCUT2D eigenvalue weighted by molar-refractivity contribution is 7.99. The number of amides is 1. The summed E-state index contributed by atoms with van der Waals surface area (Å²) in [6, 6.07) is 6.63. The molecule has 0 spiro atoms. The largest absolute Gasteiger partial charge is 0.497 e. The molecule has 1 N–H and O–H groups in total. The number of ether oxygens (including phenoxy) is 3. The van der Waals surface area contributed by atoms with Crippen LogP contribution >= 0.6 is 11.8 Å². The Morgan fingerprint density at radius 2 is 1.78 bits per heavy atom. The van der Waals surface area contributed by atoms with Crippen molar-refractivity contribution in [2.24, 2.45) is 0 Å². The summed E-state index contributed by atoms with van der Waals surface area (Å²) < 4.78 is 15.0. The number of nitrogens with one attached hydrogen (secondary N) is 1. The van der Waals surface area contributed by atoms with Gasteiger partial charge in [0.05, 0.1) is 14.2 Å². The Balaban J connectivity index is 2.63. The number of benzene rings is 1. The molecule has 1 rings (SSSR count). The summed E-state index contributed by atoms with van der Waals surface area (Å²) in [4.78, 5) is 24.6. The van der Waals surface area contributed by atoms with E-state index in [1.165, 1.54) is 18.9 Å². The number of hydrogen-bond acceptors (Lipinski definition) is 6. The summed E-state index contributed by atoms with van der Waals surface area (Å²) in [7, 11) is 2.88. The molecule has 1 atom stereocenters. The molecule has 0 fully saturated rings. The van der Waals surface area contributed by atoms with Crippen molar-refractivity contribution in [1.82, 2.24) is 5.32 Å². The van der Waals surface area contributed by atoms with Crippen molar-refractivity contribution in [2.45, 2.75) is 37.3 Å². The Hall–Kier alpha value is -1.89. The third-order valence-electron chi connectivity index (χ3n) is 2.65. The Morgan fingerprint density at radius 1 is 1.17 bits per heavy atom. The van der Waals surface area contributed by atoms with Gasteiger partial charge in [0.15, 0.2) is 0 Å². The van der Waals surface area contributed by atoms with Crippen molar-refractivity contribution in [3.05, 3.63) is 24.3 Å². The summed E-state index contributed by atoms with van der Waals surface area (Å²) in [6.45, 7) is 5.27. The van der Waals surface area contributed by atoms with Gasteiger partial charge >= 0.3 is 12.1 Å². The smallest absolute Gasteiger partial charge is 0.408 e. The molecule has 128 valence electrons. The molecule has 0 saturated carbocycles. The van der Waals surface area contributed by atoms with Gasteiger partial charge in [0.25, 0.3) is 0 Å². The van der Waals surface area contributed by atoms with Gasteiger partial charge in [0, 0.05) is 10.6 Å². The van der Waals surface area contributed by atoms with Crippen LogP contribution in [-0.4, -0.2) is 43.7 Å². The van der Waals surface area contributed by atoms with Crippen LogP contribution in [0.2, 0.25) is 0 Å². The minimum absolute atomic E-state index is 0.332. The van der Waals surface area contributed by atoms with E-state index in [1.807, 2.05) is 24.3 Å². The first-order valence-electron chi connectivity index (χ1n) is 7.09. The zero-order valence-corrected chi connectivity index (χ0v) is 14.9. The number of hydrogen-bond donors (Lipinski definition) is 1. The minimum Gasteiger partial charge on any atom is -0.497 e. The lowest BCUT2D eigenvalue weighted by Gasteiger charge is -2.22. The first-order valence-corrected chi connectivity index (χ1v) is 8.08. The van der Waals surface area contributed by atoms with Gasteiger partial charge < -0.3 is 19.5 Å². The average Bonchev–Trinajstić information content (AvgIpc) is 2.49. The maximum absolute atomic E-state index is 11.8. The van der Waals surface area contributed by atoms with E-state index in [4.69, 9.17) is 14.2 Å². The van der Waals surface area contributed by atoms with E-state index < -0.39 is 23.7 Å². The molecule has 0 aliphatic heterocycles. The lowest BCUT2D eigenvalue weighted by molar-refractivity contribution is -0.142. The Kier molecular flexibility index (Phi) is 7.22. The monoisotopic (exact) mass is 341 g/mol. The van der Waals surface area contributed by atoms with E-state index in [-0.39, 0.29) is 0 Å². The third-order valence-corrected chi connectivity index (χ3v) is 3.76. The van der Waals surface area contributed by atoms with Crippen LogP contribution in [0.1, 0.15) is 20.8 Å². The molecule has 7 heteroatoms. The second-order valence-electron chi connectivity index (χ2n) is 5.71. The van der Waals surface area contributed by atoms with E-state index in [1.54, 1.807) is 27.9 Å². The van der Waals surface area contributed by atoms with Crippen molar-refractivity contribution in [3.63, 3.8) is 0 Å². The summed E-state index contributed by atoms with van der Waals surface area (Å²) in [5.41, 5.74) is -0.631. The van der Waals surface area contributed by atoms with Gasteiger partial charge in [-0.2, -0.15) is 0 Å². The maximum Gasteiger partial charge on any atom is 0.408 e. The molecular weight excluding hydrogens is 318 g/mol. The number of carbonyl (C=O) groups is 2. The quantitative estimate of drug-likeness (QED) is 0.633. The van der Waals surface area contributed by atoms with Crippen molar-refractivity contribution >= 4 is 23.8 Å². The van der Waals surface area contributed by atoms with E-state index in [9.17, 15) is 9.59 Å². The third kappa shape index (κ3) is 7.27. The van der Waals surface area contributed by atoms with Gasteiger partial charge in [-0.15, -0.1) is 11.8 Å².